The fraction of sp³-hybridized carbons (Fsp3) is 0.615. The summed E-state index contributed by atoms with van der Waals surface area (Å²) in [4.78, 5) is 8.83. The number of likely N-dealkylation sites (tertiary alicyclic amines) is 1. The van der Waals surface area contributed by atoms with Crippen LogP contribution in [0.2, 0.25) is 5.02 Å². The van der Waals surface area contributed by atoms with Gasteiger partial charge in [-0.25, -0.2) is 4.98 Å². The number of rotatable bonds is 3. The number of halogens is 1. The molecule has 0 unspecified atom stereocenters. The number of nitrogens with two attached hydrogens (primary N) is 1. The maximum Gasteiger partial charge on any atom is 0.147 e. The zero-order valence-corrected chi connectivity index (χ0v) is 11.8. The summed E-state index contributed by atoms with van der Waals surface area (Å²) in [6.45, 7) is 3.37. The molecule has 1 aliphatic heterocycles. The van der Waals surface area contributed by atoms with Crippen LogP contribution < -0.4 is 10.6 Å². The molecule has 2 rings (SSSR count). The van der Waals surface area contributed by atoms with Crippen LogP contribution in [0.5, 0.6) is 0 Å². The molecule has 0 aromatic carbocycles. The Labute approximate surface area is 114 Å². The largest absolute Gasteiger partial charge is 0.397 e. The number of hydrogen-bond donors (Lipinski definition) is 1. The zero-order valence-electron chi connectivity index (χ0n) is 11.1. The van der Waals surface area contributed by atoms with E-state index in [0.29, 0.717) is 10.7 Å². The van der Waals surface area contributed by atoms with Crippen molar-refractivity contribution in [3.63, 3.8) is 0 Å². The minimum atomic E-state index is 0.608. The second kappa shape index (κ2) is 5.76. The van der Waals surface area contributed by atoms with Gasteiger partial charge >= 0.3 is 0 Å². The maximum absolute atomic E-state index is 6.17. The first-order valence-electron chi connectivity index (χ1n) is 6.37. The van der Waals surface area contributed by atoms with Gasteiger partial charge in [-0.1, -0.05) is 11.6 Å². The van der Waals surface area contributed by atoms with Gasteiger partial charge in [0.2, 0.25) is 0 Å². The van der Waals surface area contributed by atoms with E-state index in [-0.39, 0.29) is 0 Å². The van der Waals surface area contributed by atoms with E-state index in [1.54, 1.807) is 12.3 Å². The fourth-order valence-electron chi connectivity index (χ4n) is 2.44. The highest BCUT2D eigenvalue weighted by atomic mass is 35.5. The van der Waals surface area contributed by atoms with Gasteiger partial charge in [-0.3, -0.25) is 0 Å². The summed E-state index contributed by atoms with van der Waals surface area (Å²) in [5.41, 5.74) is 6.26. The lowest BCUT2D eigenvalue weighted by Crippen LogP contribution is -2.36. The van der Waals surface area contributed by atoms with Gasteiger partial charge in [0.1, 0.15) is 5.82 Å². The molecule has 2 N–H and O–H groups in total. The molecule has 5 heteroatoms. The van der Waals surface area contributed by atoms with Crippen molar-refractivity contribution < 1.29 is 0 Å². The van der Waals surface area contributed by atoms with Gasteiger partial charge < -0.3 is 15.5 Å². The predicted octanol–water partition coefficient (Wildman–Crippen LogP) is 2.10. The standard InChI is InChI=1S/C13H21ClN4/c1-17-5-3-10(4-6-17)9-18(2)13-12(14)7-11(15)8-16-13/h7-8,10H,3-6,9,15H2,1-2H3. The molecule has 18 heavy (non-hydrogen) atoms. The Morgan fingerprint density at radius 3 is 2.78 bits per heavy atom. The van der Waals surface area contributed by atoms with Crippen molar-refractivity contribution in [1.82, 2.24) is 9.88 Å². The summed E-state index contributed by atoms with van der Waals surface area (Å²) < 4.78 is 0. The smallest absolute Gasteiger partial charge is 0.147 e. The summed E-state index contributed by atoms with van der Waals surface area (Å²) >= 11 is 6.17. The van der Waals surface area contributed by atoms with E-state index in [1.807, 2.05) is 7.05 Å². The highest BCUT2D eigenvalue weighted by Crippen LogP contribution is 2.26. The summed E-state index contributed by atoms with van der Waals surface area (Å²) in [6.07, 6.45) is 4.15. The molecule has 100 valence electrons. The average Bonchev–Trinajstić information content (AvgIpc) is 2.32. The lowest BCUT2D eigenvalue weighted by Gasteiger charge is -2.32. The highest BCUT2D eigenvalue weighted by Gasteiger charge is 2.19. The first-order valence-corrected chi connectivity index (χ1v) is 6.74. The van der Waals surface area contributed by atoms with E-state index >= 15 is 0 Å². The van der Waals surface area contributed by atoms with Crippen molar-refractivity contribution in [1.29, 1.82) is 0 Å². The first-order chi connectivity index (χ1) is 8.56. The van der Waals surface area contributed by atoms with E-state index < -0.39 is 0 Å². The van der Waals surface area contributed by atoms with Crippen LogP contribution in [-0.2, 0) is 0 Å². The Morgan fingerprint density at radius 1 is 1.50 bits per heavy atom. The third-order valence-corrected chi connectivity index (χ3v) is 3.85. The fourth-order valence-corrected chi connectivity index (χ4v) is 2.76. The number of nitrogen functional groups attached to an aromatic ring is 1. The van der Waals surface area contributed by atoms with E-state index in [4.69, 9.17) is 17.3 Å². The molecule has 0 saturated carbocycles. The van der Waals surface area contributed by atoms with Crippen molar-refractivity contribution in [2.24, 2.45) is 5.92 Å². The number of pyridine rings is 1. The second-order valence-corrected chi connectivity index (χ2v) is 5.61. The molecule has 0 bridgehead atoms. The Morgan fingerprint density at radius 2 is 2.17 bits per heavy atom. The zero-order chi connectivity index (χ0) is 13.1. The molecule has 0 atom stereocenters. The van der Waals surface area contributed by atoms with Crippen LogP contribution >= 0.6 is 11.6 Å². The Hall–Kier alpha value is -1.00. The predicted molar refractivity (Wildman–Crippen MR) is 77.2 cm³/mol. The molecule has 4 nitrogen and oxygen atoms in total. The van der Waals surface area contributed by atoms with Crippen LogP contribution in [0.25, 0.3) is 0 Å². The molecule has 0 amide bonds. The Bertz CT molecular complexity index is 402. The minimum Gasteiger partial charge on any atom is -0.397 e. The summed E-state index contributed by atoms with van der Waals surface area (Å²) in [5.74, 6) is 1.55. The van der Waals surface area contributed by atoms with Crippen LogP contribution in [0.4, 0.5) is 11.5 Å². The second-order valence-electron chi connectivity index (χ2n) is 5.20. The molecule has 2 heterocycles. The average molecular weight is 269 g/mol. The molecule has 1 aliphatic rings. The van der Waals surface area contributed by atoms with Crippen LogP contribution in [0.1, 0.15) is 12.8 Å². The summed E-state index contributed by atoms with van der Waals surface area (Å²) in [5, 5.41) is 0.630. The van der Waals surface area contributed by atoms with Crippen LogP contribution in [0.15, 0.2) is 12.3 Å². The monoisotopic (exact) mass is 268 g/mol. The van der Waals surface area contributed by atoms with Gasteiger partial charge in [-0.2, -0.15) is 0 Å². The number of hydrogen-bond acceptors (Lipinski definition) is 4. The first kappa shape index (κ1) is 13.4. The Kier molecular flexibility index (Phi) is 4.30. The molecule has 0 spiro atoms. The molecule has 1 saturated heterocycles. The molecular weight excluding hydrogens is 248 g/mol. The summed E-state index contributed by atoms with van der Waals surface area (Å²) in [7, 11) is 4.22. The lowest BCUT2D eigenvalue weighted by molar-refractivity contribution is 0.222. The van der Waals surface area contributed by atoms with Crippen LogP contribution in [-0.4, -0.2) is 43.6 Å². The van der Waals surface area contributed by atoms with Gasteiger partial charge in [0.25, 0.3) is 0 Å². The normalized spacial score (nSPS) is 17.9. The number of piperidine rings is 1. The Balaban J connectivity index is 1.97. The van der Waals surface area contributed by atoms with Crippen LogP contribution in [0.3, 0.4) is 0 Å². The minimum absolute atomic E-state index is 0.608. The van der Waals surface area contributed by atoms with E-state index in [2.05, 4.69) is 21.8 Å². The van der Waals surface area contributed by atoms with Gasteiger partial charge in [0, 0.05) is 13.6 Å². The molecule has 1 aromatic heterocycles. The van der Waals surface area contributed by atoms with Crippen molar-refractivity contribution in [3.8, 4) is 0 Å². The molecule has 1 aromatic rings. The van der Waals surface area contributed by atoms with E-state index in [9.17, 15) is 0 Å². The highest BCUT2D eigenvalue weighted by molar-refractivity contribution is 6.33. The van der Waals surface area contributed by atoms with Gasteiger partial charge in [0.15, 0.2) is 0 Å². The quantitative estimate of drug-likeness (QED) is 0.912. The molecule has 0 aliphatic carbocycles. The van der Waals surface area contributed by atoms with Crippen LogP contribution in [0, 0.1) is 5.92 Å². The topological polar surface area (TPSA) is 45.4 Å². The van der Waals surface area contributed by atoms with Crippen molar-refractivity contribution in [3.05, 3.63) is 17.3 Å². The van der Waals surface area contributed by atoms with Crippen molar-refractivity contribution in [2.75, 3.05) is 44.4 Å². The molecular formula is C13H21ClN4. The van der Waals surface area contributed by atoms with Crippen molar-refractivity contribution >= 4 is 23.1 Å². The third kappa shape index (κ3) is 3.27. The van der Waals surface area contributed by atoms with Gasteiger partial charge in [-0.15, -0.1) is 0 Å². The summed E-state index contributed by atoms with van der Waals surface area (Å²) in [6, 6.07) is 1.76. The van der Waals surface area contributed by atoms with Gasteiger partial charge in [0.05, 0.1) is 16.9 Å². The van der Waals surface area contributed by atoms with E-state index in [1.165, 1.54) is 25.9 Å². The molecule has 0 radical (unpaired) electrons. The third-order valence-electron chi connectivity index (χ3n) is 3.57. The number of aromatic nitrogens is 1. The SMILES string of the molecule is CN1CCC(CN(C)c2ncc(N)cc2Cl)CC1. The van der Waals surface area contributed by atoms with E-state index in [0.717, 1.165) is 18.3 Å². The lowest BCUT2D eigenvalue weighted by atomic mass is 9.97. The molecule has 1 fully saturated rings. The maximum atomic E-state index is 6.17. The van der Waals surface area contributed by atoms with Gasteiger partial charge in [-0.05, 0) is 45.0 Å². The van der Waals surface area contributed by atoms with Crippen molar-refractivity contribution in [2.45, 2.75) is 12.8 Å². The number of anilines is 2. The number of nitrogens with zero attached hydrogens (tertiary/aromatic N) is 3.